The number of nitrogens with one attached hydrogen (secondary N) is 1. The summed E-state index contributed by atoms with van der Waals surface area (Å²) in [5.74, 6) is 2.03. The Bertz CT molecular complexity index is 323. The van der Waals surface area contributed by atoms with Crippen LogP contribution >= 0.6 is 0 Å². The molecule has 0 amide bonds. The van der Waals surface area contributed by atoms with Crippen molar-refractivity contribution in [1.82, 2.24) is 15.1 Å². The molecule has 0 fully saturated rings. The molecular weight excluding hydrogens is 226 g/mol. The molecule has 0 atom stereocenters. The molecule has 0 aliphatic rings. The highest BCUT2D eigenvalue weighted by molar-refractivity contribution is 5.05. The molecule has 0 radical (unpaired) electrons. The molecule has 4 nitrogen and oxygen atoms in total. The maximum absolute atomic E-state index is 5.56. The fourth-order valence-electron chi connectivity index (χ4n) is 1.83. The van der Waals surface area contributed by atoms with E-state index in [4.69, 9.17) is 4.42 Å². The Morgan fingerprint density at radius 3 is 2.50 bits per heavy atom. The summed E-state index contributed by atoms with van der Waals surface area (Å²) in [5.41, 5.74) is 0. The van der Waals surface area contributed by atoms with Crippen LogP contribution in [0, 0.1) is 6.92 Å². The van der Waals surface area contributed by atoms with Crippen LogP contribution in [0.4, 0.5) is 0 Å². The first kappa shape index (κ1) is 15.2. The van der Waals surface area contributed by atoms with E-state index < -0.39 is 0 Å². The van der Waals surface area contributed by atoms with E-state index >= 15 is 0 Å². The van der Waals surface area contributed by atoms with Crippen molar-refractivity contribution in [3.63, 3.8) is 0 Å². The number of furan rings is 1. The molecule has 1 heterocycles. The second kappa shape index (κ2) is 8.29. The minimum atomic E-state index is 0.882. The Labute approximate surface area is 111 Å². The van der Waals surface area contributed by atoms with Crippen LogP contribution < -0.4 is 5.32 Å². The highest BCUT2D eigenvalue weighted by atomic mass is 16.3. The van der Waals surface area contributed by atoms with Gasteiger partial charge in [-0.3, -0.25) is 4.90 Å². The molecule has 0 bridgehead atoms. The first-order valence-electron chi connectivity index (χ1n) is 6.67. The Morgan fingerprint density at radius 2 is 1.89 bits per heavy atom. The van der Waals surface area contributed by atoms with Crippen LogP contribution in [0.15, 0.2) is 16.5 Å². The van der Waals surface area contributed by atoms with E-state index in [1.807, 2.05) is 13.0 Å². The molecule has 0 aliphatic heterocycles. The van der Waals surface area contributed by atoms with Crippen molar-refractivity contribution in [1.29, 1.82) is 0 Å². The minimum absolute atomic E-state index is 0.882. The lowest BCUT2D eigenvalue weighted by atomic mass is 10.4. The minimum Gasteiger partial charge on any atom is -0.465 e. The maximum atomic E-state index is 5.56. The van der Waals surface area contributed by atoms with E-state index in [1.54, 1.807) is 0 Å². The monoisotopic (exact) mass is 253 g/mol. The fourth-order valence-corrected chi connectivity index (χ4v) is 1.83. The molecule has 0 saturated heterocycles. The Morgan fingerprint density at radius 1 is 1.11 bits per heavy atom. The second-order valence-electron chi connectivity index (χ2n) is 5.16. The molecule has 1 rings (SSSR count). The Hall–Kier alpha value is -0.840. The van der Waals surface area contributed by atoms with Gasteiger partial charge in [0.1, 0.15) is 11.5 Å². The summed E-state index contributed by atoms with van der Waals surface area (Å²) in [6, 6.07) is 4.07. The van der Waals surface area contributed by atoms with Gasteiger partial charge in [0.05, 0.1) is 6.54 Å². The van der Waals surface area contributed by atoms with Gasteiger partial charge in [0.2, 0.25) is 0 Å². The van der Waals surface area contributed by atoms with Crippen molar-refractivity contribution < 1.29 is 4.42 Å². The predicted octanol–water partition coefficient (Wildman–Crippen LogP) is 1.56. The topological polar surface area (TPSA) is 31.6 Å². The summed E-state index contributed by atoms with van der Waals surface area (Å²) in [7, 11) is 6.34. The summed E-state index contributed by atoms with van der Waals surface area (Å²) in [6.07, 6.45) is 1.20. The van der Waals surface area contributed by atoms with Crippen LogP contribution in [-0.4, -0.2) is 57.1 Å². The molecule has 0 aromatic carbocycles. The van der Waals surface area contributed by atoms with Gasteiger partial charge in [0.25, 0.3) is 0 Å². The van der Waals surface area contributed by atoms with Gasteiger partial charge in [-0.15, -0.1) is 0 Å². The molecule has 1 N–H and O–H groups in total. The number of rotatable bonds is 9. The summed E-state index contributed by atoms with van der Waals surface area (Å²) in [4.78, 5) is 4.49. The molecule has 4 heteroatoms. The van der Waals surface area contributed by atoms with Crippen LogP contribution in [0.5, 0.6) is 0 Å². The summed E-state index contributed by atoms with van der Waals surface area (Å²) in [5, 5.41) is 3.46. The first-order valence-corrected chi connectivity index (χ1v) is 6.67. The standard InChI is InChI=1S/C14H27N3O/c1-13-6-7-14(18-13)12-17(4)11-9-15-8-5-10-16(2)3/h6-7,15H,5,8-12H2,1-4H3. The zero-order valence-corrected chi connectivity index (χ0v) is 12.2. The van der Waals surface area contributed by atoms with Crippen molar-refractivity contribution in [2.75, 3.05) is 47.3 Å². The van der Waals surface area contributed by atoms with Gasteiger partial charge in [-0.1, -0.05) is 0 Å². The van der Waals surface area contributed by atoms with Gasteiger partial charge in [-0.2, -0.15) is 0 Å². The molecular formula is C14H27N3O. The molecule has 104 valence electrons. The van der Waals surface area contributed by atoms with Crippen LogP contribution in [0.1, 0.15) is 17.9 Å². The van der Waals surface area contributed by atoms with E-state index in [0.29, 0.717) is 0 Å². The van der Waals surface area contributed by atoms with Gasteiger partial charge >= 0.3 is 0 Å². The zero-order chi connectivity index (χ0) is 13.4. The lowest BCUT2D eigenvalue weighted by molar-refractivity contribution is 0.290. The van der Waals surface area contributed by atoms with E-state index in [-0.39, 0.29) is 0 Å². The van der Waals surface area contributed by atoms with Crippen molar-refractivity contribution in [3.8, 4) is 0 Å². The van der Waals surface area contributed by atoms with E-state index in [1.165, 1.54) is 6.42 Å². The molecule has 0 spiro atoms. The highest BCUT2D eigenvalue weighted by Crippen LogP contribution is 2.07. The molecule has 0 aliphatic carbocycles. The average Bonchev–Trinajstić information content (AvgIpc) is 2.68. The lowest BCUT2D eigenvalue weighted by Gasteiger charge is -2.16. The lowest BCUT2D eigenvalue weighted by Crippen LogP contribution is -2.30. The third-order valence-electron chi connectivity index (χ3n) is 2.85. The predicted molar refractivity (Wildman–Crippen MR) is 75.8 cm³/mol. The van der Waals surface area contributed by atoms with Crippen molar-refractivity contribution in [2.24, 2.45) is 0 Å². The normalized spacial score (nSPS) is 11.7. The van der Waals surface area contributed by atoms with Crippen molar-refractivity contribution in [3.05, 3.63) is 23.7 Å². The summed E-state index contributed by atoms with van der Waals surface area (Å²) >= 11 is 0. The van der Waals surface area contributed by atoms with Crippen LogP contribution in [-0.2, 0) is 6.54 Å². The number of hydrogen-bond acceptors (Lipinski definition) is 4. The zero-order valence-electron chi connectivity index (χ0n) is 12.2. The molecule has 1 aromatic rings. The highest BCUT2D eigenvalue weighted by Gasteiger charge is 2.03. The van der Waals surface area contributed by atoms with Gasteiger partial charge in [-0.25, -0.2) is 0 Å². The Kier molecular flexibility index (Phi) is 7.01. The van der Waals surface area contributed by atoms with Crippen molar-refractivity contribution >= 4 is 0 Å². The third kappa shape index (κ3) is 6.79. The largest absolute Gasteiger partial charge is 0.465 e. The van der Waals surface area contributed by atoms with Gasteiger partial charge in [0, 0.05) is 13.1 Å². The summed E-state index contributed by atoms with van der Waals surface area (Å²) in [6.45, 7) is 7.18. The molecule has 1 aromatic heterocycles. The maximum Gasteiger partial charge on any atom is 0.118 e. The smallest absolute Gasteiger partial charge is 0.118 e. The number of hydrogen-bond donors (Lipinski definition) is 1. The van der Waals surface area contributed by atoms with E-state index in [0.717, 1.165) is 44.2 Å². The van der Waals surface area contributed by atoms with Gasteiger partial charge < -0.3 is 14.6 Å². The number of likely N-dealkylation sites (N-methyl/N-ethyl adjacent to an activating group) is 1. The van der Waals surface area contributed by atoms with E-state index in [9.17, 15) is 0 Å². The van der Waals surface area contributed by atoms with Crippen molar-refractivity contribution in [2.45, 2.75) is 19.9 Å². The van der Waals surface area contributed by atoms with Gasteiger partial charge in [-0.05, 0) is 59.7 Å². The second-order valence-corrected chi connectivity index (χ2v) is 5.16. The number of aryl methyl sites for hydroxylation is 1. The first-order chi connectivity index (χ1) is 8.58. The summed E-state index contributed by atoms with van der Waals surface area (Å²) < 4.78 is 5.56. The van der Waals surface area contributed by atoms with Crippen LogP contribution in [0.25, 0.3) is 0 Å². The average molecular weight is 253 g/mol. The number of nitrogens with zero attached hydrogens (tertiary/aromatic N) is 2. The van der Waals surface area contributed by atoms with Gasteiger partial charge in [0.15, 0.2) is 0 Å². The molecule has 18 heavy (non-hydrogen) atoms. The Balaban J connectivity index is 2.01. The van der Waals surface area contributed by atoms with Crippen LogP contribution in [0.3, 0.4) is 0 Å². The molecule has 0 unspecified atom stereocenters. The molecule has 0 saturated carbocycles. The van der Waals surface area contributed by atoms with E-state index in [2.05, 4.69) is 42.3 Å². The fraction of sp³-hybridized carbons (Fsp3) is 0.714. The quantitative estimate of drug-likeness (QED) is 0.677. The third-order valence-corrected chi connectivity index (χ3v) is 2.85. The SMILES string of the molecule is Cc1ccc(CN(C)CCNCCCN(C)C)o1. The van der Waals surface area contributed by atoms with Crippen LogP contribution in [0.2, 0.25) is 0 Å².